The van der Waals surface area contributed by atoms with Gasteiger partial charge in [-0.1, -0.05) is 44.2 Å². The van der Waals surface area contributed by atoms with E-state index in [0.29, 0.717) is 62.3 Å². The summed E-state index contributed by atoms with van der Waals surface area (Å²) in [6, 6.07) is 10.2. The highest BCUT2D eigenvalue weighted by Gasteiger charge is 2.38. The molecule has 6 nitrogen and oxygen atoms in total. The summed E-state index contributed by atoms with van der Waals surface area (Å²) in [5.41, 5.74) is 2.35. The van der Waals surface area contributed by atoms with Crippen molar-refractivity contribution in [3.05, 3.63) is 58.5 Å². The molecule has 0 N–H and O–H groups in total. The van der Waals surface area contributed by atoms with Crippen LogP contribution in [0.3, 0.4) is 0 Å². The van der Waals surface area contributed by atoms with Crippen LogP contribution in [0.1, 0.15) is 70.9 Å². The van der Waals surface area contributed by atoms with Gasteiger partial charge in [-0.15, -0.1) is 0 Å². The first-order valence-electron chi connectivity index (χ1n) is 11.5. The van der Waals surface area contributed by atoms with Gasteiger partial charge in [0, 0.05) is 51.0 Å². The molecule has 1 aliphatic heterocycles. The fourth-order valence-electron chi connectivity index (χ4n) is 4.84. The first-order valence-corrected chi connectivity index (χ1v) is 11.5. The van der Waals surface area contributed by atoms with Gasteiger partial charge >= 0.3 is 0 Å². The Morgan fingerprint density at radius 1 is 1.00 bits per heavy atom. The first kappa shape index (κ1) is 22.3. The zero-order valence-electron chi connectivity index (χ0n) is 19.3. The third kappa shape index (κ3) is 4.64. The van der Waals surface area contributed by atoms with Crippen molar-refractivity contribution in [2.75, 3.05) is 26.2 Å². The number of carbonyl (C=O) groups is 3. The lowest BCUT2D eigenvalue weighted by molar-refractivity contribution is -0.132. The molecular formula is C26H32N2O4. The van der Waals surface area contributed by atoms with E-state index in [9.17, 15) is 14.4 Å². The highest BCUT2D eigenvalue weighted by molar-refractivity contribution is 6.03. The number of hydrogen-bond acceptors (Lipinski definition) is 4. The number of fused-ring (bicyclic) bond motifs is 1. The Morgan fingerprint density at radius 3 is 2.34 bits per heavy atom. The Balaban J connectivity index is 1.32. The Bertz CT molecular complexity index is 1010. The maximum absolute atomic E-state index is 13.1. The molecule has 0 unspecified atom stereocenters. The summed E-state index contributed by atoms with van der Waals surface area (Å²) in [5.74, 6) is 0.940. The number of furan rings is 1. The molecule has 1 fully saturated rings. The van der Waals surface area contributed by atoms with E-state index in [4.69, 9.17) is 4.42 Å². The monoisotopic (exact) mass is 436 g/mol. The number of nitrogens with zero attached hydrogens (tertiary/aromatic N) is 2. The van der Waals surface area contributed by atoms with E-state index in [1.807, 2.05) is 36.9 Å². The van der Waals surface area contributed by atoms with Gasteiger partial charge < -0.3 is 14.2 Å². The third-order valence-corrected chi connectivity index (χ3v) is 6.59. The molecule has 6 heteroatoms. The Kier molecular flexibility index (Phi) is 6.22. The SMILES string of the molecule is Cc1c(C(=O)N2CCN(C(=O)CCCc3ccccc3)CC2)oc2c1C(=O)CC(C)(C)C2. The number of rotatable bonds is 5. The maximum Gasteiger partial charge on any atom is 0.289 e. The van der Waals surface area contributed by atoms with Crippen LogP contribution in [0.15, 0.2) is 34.7 Å². The van der Waals surface area contributed by atoms with E-state index < -0.39 is 0 Å². The van der Waals surface area contributed by atoms with Gasteiger partial charge in [-0.3, -0.25) is 14.4 Å². The van der Waals surface area contributed by atoms with E-state index in [0.717, 1.165) is 12.8 Å². The van der Waals surface area contributed by atoms with Crippen LogP contribution in [0, 0.1) is 12.3 Å². The molecule has 0 spiro atoms. The molecule has 1 saturated heterocycles. The fraction of sp³-hybridized carbons (Fsp3) is 0.500. The van der Waals surface area contributed by atoms with Gasteiger partial charge in [-0.2, -0.15) is 0 Å². The van der Waals surface area contributed by atoms with Crippen LogP contribution in [0.4, 0.5) is 0 Å². The van der Waals surface area contributed by atoms with Crippen LogP contribution in [0.2, 0.25) is 0 Å². The summed E-state index contributed by atoms with van der Waals surface area (Å²) in [5, 5.41) is 0. The van der Waals surface area contributed by atoms with Gasteiger partial charge in [-0.25, -0.2) is 0 Å². The minimum Gasteiger partial charge on any atom is -0.455 e. The second-order valence-electron chi connectivity index (χ2n) is 9.81. The number of Topliss-reactive ketones (excluding diaryl/α,β-unsaturated/α-hetero) is 1. The fourth-order valence-corrected chi connectivity index (χ4v) is 4.84. The Labute approximate surface area is 189 Å². The summed E-state index contributed by atoms with van der Waals surface area (Å²) in [6.45, 7) is 7.91. The Hall–Kier alpha value is -2.89. The molecule has 1 aromatic heterocycles. The van der Waals surface area contributed by atoms with E-state index >= 15 is 0 Å². The van der Waals surface area contributed by atoms with Crippen molar-refractivity contribution in [2.45, 2.75) is 52.9 Å². The van der Waals surface area contributed by atoms with Crippen molar-refractivity contribution in [3.63, 3.8) is 0 Å². The van der Waals surface area contributed by atoms with Crippen molar-refractivity contribution in [1.82, 2.24) is 9.80 Å². The van der Waals surface area contributed by atoms with Gasteiger partial charge in [-0.05, 0) is 30.7 Å². The van der Waals surface area contributed by atoms with Crippen molar-refractivity contribution >= 4 is 17.6 Å². The molecule has 32 heavy (non-hydrogen) atoms. The number of carbonyl (C=O) groups excluding carboxylic acids is 3. The van der Waals surface area contributed by atoms with E-state index in [1.54, 1.807) is 11.8 Å². The molecule has 2 heterocycles. The summed E-state index contributed by atoms with van der Waals surface area (Å²) >= 11 is 0. The summed E-state index contributed by atoms with van der Waals surface area (Å²) in [6.07, 6.45) is 3.36. The highest BCUT2D eigenvalue weighted by atomic mass is 16.4. The molecule has 2 aromatic rings. The number of piperazine rings is 1. The first-order chi connectivity index (χ1) is 15.2. The molecule has 170 valence electrons. The lowest BCUT2D eigenvalue weighted by atomic mass is 9.76. The zero-order valence-corrected chi connectivity index (χ0v) is 19.3. The normalized spacial score (nSPS) is 17.9. The van der Waals surface area contributed by atoms with Gasteiger partial charge in [0.05, 0.1) is 5.56 Å². The van der Waals surface area contributed by atoms with Crippen molar-refractivity contribution in [2.24, 2.45) is 5.41 Å². The van der Waals surface area contributed by atoms with Crippen molar-refractivity contribution < 1.29 is 18.8 Å². The topological polar surface area (TPSA) is 70.8 Å². The third-order valence-electron chi connectivity index (χ3n) is 6.59. The van der Waals surface area contributed by atoms with Crippen LogP contribution in [0.25, 0.3) is 0 Å². The molecule has 2 aliphatic rings. The second-order valence-corrected chi connectivity index (χ2v) is 9.81. The van der Waals surface area contributed by atoms with Crippen LogP contribution >= 0.6 is 0 Å². The predicted molar refractivity (Wildman–Crippen MR) is 122 cm³/mol. The van der Waals surface area contributed by atoms with Gasteiger partial charge in [0.25, 0.3) is 5.91 Å². The molecule has 4 rings (SSSR count). The van der Waals surface area contributed by atoms with Gasteiger partial charge in [0.15, 0.2) is 11.5 Å². The van der Waals surface area contributed by atoms with Crippen LogP contribution in [-0.4, -0.2) is 53.6 Å². The van der Waals surface area contributed by atoms with E-state index in [1.165, 1.54) is 5.56 Å². The van der Waals surface area contributed by atoms with Crippen molar-refractivity contribution in [1.29, 1.82) is 0 Å². The number of benzene rings is 1. The summed E-state index contributed by atoms with van der Waals surface area (Å²) in [7, 11) is 0. The molecule has 0 atom stereocenters. The Morgan fingerprint density at radius 2 is 1.66 bits per heavy atom. The minimum atomic E-state index is -0.182. The number of aryl methyl sites for hydroxylation is 1. The van der Waals surface area contributed by atoms with Gasteiger partial charge in [0.2, 0.25) is 5.91 Å². The molecule has 1 aliphatic carbocycles. The number of amides is 2. The average molecular weight is 437 g/mol. The minimum absolute atomic E-state index is 0.0578. The number of hydrogen-bond donors (Lipinski definition) is 0. The summed E-state index contributed by atoms with van der Waals surface area (Å²) in [4.78, 5) is 41.9. The lowest BCUT2D eigenvalue weighted by Crippen LogP contribution is -2.50. The summed E-state index contributed by atoms with van der Waals surface area (Å²) < 4.78 is 5.93. The standard InChI is InChI=1S/C26H32N2O4/c1-18-23-20(29)16-26(2,3)17-21(23)32-24(18)25(31)28-14-12-27(13-15-28)22(30)11-7-10-19-8-5-4-6-9-19/h4-6,8-9H,7,10-17H2,1-3H3. The van der Waals surface area contributed by atoms with Crippen molar-refractivity contribution in [3.8, 4) is 0 Å². The molecule has 0 radical (unpaired) electrons. The van der Waals surface area contributed by atoms with Crippen LogP contribution in [0.5, 0.6) is 0 Å². The predicted octanol–water partition coefficient (Wildman–Crippen LogP) is 4.05. The molecule has 0 saturated carbocycles. The maximum atomic E-state index is 13.1. The largest absolute Gasteiger partial charge is 0.455 e. The van der Waals surface area contributed by atoms with E-state index in [2.05, 4.69) is 12.1 Å². The van der Waals surface area contributed by atoms with Crippen LogP contribution < -0.4 is 0 Å². The molecule has 2 amide bonds. The second kappa shape index (κ2) is 8.93. The molecule has 1 aromatic carbocycles. The lowest BCUT2D eigenvalue weighted by Gasteiger charge is -2.34. The average Bonchev–Trinajstić information content (AvgIpc) is 3.09. The van der Waals surface area contributed by atoms with E-state index in [-0.39, 0.29) is 28.8 Å². The van der Waals surface area contributed by atoms with Crippen LogP contribution in [-0.2, 0) is 17.6 Å². The van der Waals surface area contributed by atoms with Gasteiger partial charge in [0.1, 0.15) is 5.76 Å². The number of ketones is 1. The highest BCUT2D eigenvalue weighted by Crippen LogP contribution is 2.38. The molecular weight excluding hydrogens is 404 g/mol. The zero-order chi connectivity index (χ0) is 22.9. The quantitative estimate of drug-likeness (QED) is 0.709. The molecule has 0 bridgehead atoms. The smallest absolute Gasteiger partial charge is 0.289 e.